The van der Waals surface area contributed by atoms with Gasteiger partial charge in [0.2, 0.25) is 5.91 Å². The second kappa shape index (κ2) is 10.7. The van der Waals surface area contributed by atoms with E-state index in [0.29, 0.717) is 43.9 Å². The van der Waals surface area contributed by atoms with E-state index in [0.717, 1.165) is 18.4 Å². The molecule has 32 heavy (non-hydrogen) atoms. The highest BCUT2D eigenvalue weighted by atomic mass is 16.5. The van der Waals surface area contributed by atoms with Gasteiger partial charge in [-0.2, -0.15) is 0 Å². The van der Waals surface area contributed by atoms with Gasteiger partial charge in [0.1, 0.15) is 0 Å². The molecule has 0 aliphatic carbocycles. The summed E-state index contributed by atoms with van der Waals surface area (Å²) >= 11 is 0. The van der Waals surface area contributed by atoms with Gasteiger partial charge in [0.15, 0.2) is 0 Å². The van der Waals surface area contributed by atoms with Gasteiger partial charge in [0, 0.05) is 49.7 Å². The van der Waals surface area contributed by atoms with Crippen LogP contribution in [-0.4, -0.2) is 45.5 Å². The van der Waals surface area contributed by atoms with Gasteiger partial charge < -0.3 is 19.5 Å². The first-order valence-corrected chi connectivity index (χ1v) is 11.0. The van der Waals surface area contributed by atoms with Crippen LogP contribution in [0.25, 0.3) is 0 Å². The molecule has 0 saturated carbocycles. The van der Waals surface area contributed by atoms with E-state index >= 15 is 0 Å². The van der Waals surface area contributed by atoms with Crippen molar-refractivity contribution in [3.63, 3.8) is 0 Å². The van der Waals surface area contributed by atoms with Crippen LogP contribution in [0.15, 0.2) is 73.3 Å². The van der Waals surface area contributed by atoms with Crippen molar-refractivity contribution in [2.45, 2.75) is 38.5 Å². The maximum absolute atomic E-state index is 13.0. The minimum Gasteiger partial charge on any atom is -0.373 e. The number of carbonyl (C=O) groups excluding carboxylic acids is 2. The molecule has 1 aromatic heterocycles. The Morgan fingerprint density at radius 2 is 1.88 bits per heavy atom. The van der Waals surface area contributed by atoms with Crippen LogP contribution in [0, 0.1) is 0 Å². The summed E-state index contributed by atoms with van der Waals surface area (Å²) in [6.07, 6.45) is 7.34. The lowest BCUT2D eigenvalue weighted by Gasteiger charge is -2.32. The van der Waals surface area contributed by atoms with Crippen LogP contribution < -0.4 is 5.32 Å². The first-order valence-electron chi connectivity index (χ1n) is 11.0. The Morgan fingerprint density at radius 1 is 1.06 bits per heavy atom. The molecule has 166 valence electrons. The molecule has 1 N–H and O–H groups in total. The predicted octanol–water partition coefficient (Wildman–Crippen LogP) is 3.73. The van der Waals surface area contributed by atoms with Crippen molar-refractivity contribution in [1.82, 2.24) is 14.5 Å². The molecule has 3 aromatic rings. The highest BCUT2D eigenvalue weighted by Crippen LogP contribution is 2.19. The summed E-state index contributed by atoms with van der Waals surface area (Å²) < 4.78 is 7.88. The molecule has 0 unspecified atom stereocenters. The SMILES string of the molecule is O=C(CCn1ccnc1)Nc1cccc(C(=O)N2CCC(OCc3ccccc3)CC2)c1. The topological polar surface area (TPSA) is 76.5 Å². The predicted molar refractivity (Wildman–Crippen MR) is 122 cm³/mol. The number of imidazole rings is 1. The second-order valence-corrected chi connectivity index (χ2v) is 7.97. The third-order valence-electron chi connectivity index (χ3n) is 5.61. The molecule has 7 heteroatoms. The molecule has 1 aliphatic heterocycles. The number of anilines is 1. The largest absolute Gasteiger partial charge is 0.373 e. The number of ether oxygens (including phenoxy) is 1. The van der Waals surface area contributed by atoms with Crippen LogP contribution in [0.1, 0.15) is 35.2 Å². The van der Waals surface area contributed by atoms with Crippen LogP contribution in [0.4, 0.5) is 5.69 Å². The van der Waals surface area contributed by atoms with Crippen molar-refractivity contribution < 1.29 is 14.3 Å². The van der Waals surface area contributed by atoms with Gasteiger partial charge in [0.25, 0.3) is 5.91 Å². The average molecular weight is 433 g/mol. The molecule has 2 heterocycles. The van der Waals surface area contributed by atoms with Crippen molar-refractivity contribution in [1.29, 1.82) is 0 Å². The number of aryl methyl sites for hydroxylation is 1. The van der Waals surface area contributed by atoms with Crippen LogP contribution in [-0.2, 0) is 22.7 Å². The number of nitrogens with one attached hydrogen (secondary N) is 1. The summed E-state index contributed by atoms with van der Waals surface area (Å²) in [5.41, 5.74) is 2.38. The molecule has 2 aromatic carbocycles. The minimum atomic E-state index is -0.0975. The number of benzene rings is 2. The maximum atomic E-state index is 13.0. The van der Waals surface area contributed by atoms with Crippen LogP contribution in [0.3, 0.4) is 0 Å². The molecule has 0 atom stereocenters. The van der Waals surface area contributed by atoms with E-state index in [4.69, 9.17) is 4.74 Å². The first kappa shape index (κ1) is 21.8. The Kier molecular flexibility index (Phi) is 7.30. The fraction of sp³-hybridized carbons (Fsp3) is 0.320. The van der Waals surface area contributed by atoms with Gasteiger partial charge in [0.05, 0.1) is 19.0 Å². The lowest BCUT2D eigenvalue weighted by Crippen LogP contribution is -2.40. The lowest BCUT2D eigenvalue weighted by atomic mass is 10.1. The van der Waals surface area contributed by atoms with Gasteiger partial charge in [-0.25, -0.2) is 4.98 Å². The molecule has 0 radical (unpaired) electrons. The summed E-state index contributed by atoms with van der Waals surface area (Å²) in [5.74, 6) is -0.110. The average Bonchev–Trinajstić information content (AvgIpc) is 3.36. The molecule has 0 bridgehead atoms. The second-order valence-electron chi connectivity index (χ2n) is 7.97. The fourth-order valence-electron chi connectivity index (χ4n) is 3.80. The van der Waals surface area contributed by atoms with E-state index in [1.807, 2.05) is 33.9 Å². The zero-order valence-electron chi connectivity index (χ0n) is 18.0. The van der Waals surface area contributed by atoms with Crippen molar-refractivity contribution >= 4 is 17.5 Å². The first-order chi connectivity index (χ1) is 15.7. The van der Waals surface area contributed by atoms with E-state index in [2.05, 4.69) is 22.4 Å². The summed E-state index contributed by atoms with van der Waals surface area (Å²) in [4.78, 5) is 31.0. The smallest absolute Gasteiger partial charge is 0.253 e. The van der Waals surface area contributed by atoms with E-state index in [1.54, 1.807) is 36.8 Å². The Labute approximate surface area is 188 Å². The number of aromatic nitrogens is 2. The standard InChI is InChI=1S/C25H28N4O3/c30-24(11-13-28-16-12-26-19-28)27-22-8-4-7-21(17-22)25(31)29-14-9-23(10-15-29)32-18-20-5-2-1-3-6-20/h1-8,12,16-17,19,23H,9-11,13-15,18H2,(H,27,30). The zero-order valence-corrected chi connectivity index (χ0v) is 18.0. The van der Waals surface area contributed by atoms with E-state index in [-0.39, 0.29) is 17.9 Å². The quantitative estimate of drug-likeness (QED) is 0.588. The number of nitrogens with zero attached hydrogens (tertiary/aromatic N) is 3. The highest BCUT2D eigenvalue weighted by molar-refractivity contribution is 5.97. The van der Waals surface area contributed by atoms with Gasteiger partial charge in [-0.3, -0.25) is 9.59 Å². The number of hydrogen-bond donors (Lipinski definition) is 1. The number of rotatable bonds is 8. The summed E-state index contributed by atoms with van der Waals surface area (Å²) in [6.45, 7) is 2.49. The van der Waals surface area contributed by atoms with E-state index < -0.39 is 0 Å². The normalized spacial score (nSPS) is 14.3. The van der Waals surface area contributed by atoms with E-state index in [1.165, 1.54) is 0 Å². The number of piperidine rings is 1. The Hall–Kier alpha value is -3.45. The molecule has 1 aliphatic rings. The summed E-state index contributed by atoms with van der Waals surface area (Å²) in [5, 5.41) is 2.88. The Balaban J connectivity index is 1.25. The van der Waals surface area contributed by atoms with Crippen molar-refractivity contribution in [2.24, 2.45) is 0 Å². The minimum absolute atomic E-state index is 0.0129. The van der Waals surface area contributed by atoms with E-state index in [9.17, 15) is 9.59 Å². The Bertz CT molecular complexity index is 1010. The molecule has 1 fully saturated rings. The lowest BCUT2D eigenvalue weighted by molar-refractivity contribution is -0.116. The molecule has 0 spiro atoms. The monoisotopic (exact) mass is 432 g/mol. The fourth-order valence-corrected chi connectivity index (χ4v) is 3.80. The molecule has 4 rings (SSSR count). The molecule has 7 nitrogen and oxygen atoms in total. The molecule has 2 amide bonds. The maximum Gasteiger partial charge on any atom is 0.253 e. The molecular weight excluding hydrogens is 404 g/mol. The number of carbonyl (C=O) groups is 2. The number of amides is 2. The van der Waals surface area contributed by atoms with Crippen LogP contribution in [0.5, 0.6) is 0 Å². The molecular formula is C25H28N4O3. The third-order valence-corrected chi connectivity index (χ3v) is 5.61. The molecule has 1 saturated heterocycles. The Morgan fingerprint density at radius 3 is 2.62 bits per heavy atom. The van der Waals surface area contributed by atoms with Crippen LogP contribution >= 0.6 is 0 Å². The van der Waals surface area contributed by atoms with Gasteiger partial charge in [-0.1, -0.05) is 36.4 Å². The van der Waals surface area contributed by atoms with Gasteiger partial charge >= 0.3 is 0 Å². The number of likely N-dealkylation sites (tertiary alicyclic amines) is 1. The van der Waals surface area contributed by atoms with Crippen molar-refractivity contribution in [3.8, 4) is 0 Å². The number of hydrogen-bond acceptors (Lipinski definition) is 4. The van der Waals surface area contributed by atoms with Crippen molar-refractivity contribution in [2.75, 3.05) is 18.4 Å². The highest BCUT2D eigenvalue weighted by Gasteiger charge is 2.24. The van der Waals surface area contributed by atoms with Crippen molar-refractivity contribution in [3.05, 3.63) is 84.4 Å². The summed E-state index contributed by atoms with van der Waals surface area (Å²) in [6, 6.07) is 17.3. The zero-order chi connectivity index (χ0) is 22.2. The van der Waals surface area contributed by atoms with Crippen LogP contribution in [0.2, 0.25) is 0 Å². The summed E-state index contributed by atoms with van der Waals surface area (Å²) in [7, 11) is 0. The third kappa shape index (κ3) is 6.04. The van der Waals surface area contributed by atoms with Gasteiger partial charge in [-0.05, 0) is 36.6 Å². The van der Waals surface area contributed by atoms with Gasteiger partial charge in [-0.15, -0.1) is 0 Å².